The molecule has 160 valence electrons. The number of aromatic nitrogens is 1. The summed E-state index contributed by atoms with van der Waals surface area (Å²) >= 11 is 0. The number of anilines is 1. The molecule has 11 heteroatoms. The summed E-state index contributed by atoms with van der Waals surface area (Å²) in [6, 6.07) is 9.46. The zero-order chi connectivity index (χ0) is 22.8. The molecule has 1 heterocycles. The van der Waals surface area contributed by atoms with Crippen molar-refractivity contribution in [2.45, 2.75) is 12.7 Å². The number of carbonyl (C=O) groups is 1. The molecule has 0 saturated carbocycles. The topological polar surface area (TPSA) is 94.2 Å². The first kappa shape index (κ1) is 21.7. The van der Waals surface area contributed by atoms with E-state index in [1.54, 1.807) is 0 Å². The second-order valence-electron chi connectivity index (χ2n) is 6.46. The minimum atomic E-state index is -4.54. The number of carbonyl (C=O) groups excluding carboxylic acids is 1. The molecule has 1 N–H and O–H groups in total. The summed E-state index contributed by atoms with van der Waals surface area (Å²) in [6.07, 6.45) is -3.39. The minimum Gasteiger partial charge on any atom is -0.322 e. The van der Waals surface area contributed by atoms with Gasteiger partial charge in [0.1, 0.15) is 0 Å². The zero-order valence-electron chi connectivity index (χ0n) is 15.5. The van der Waals surface area contributed by atoms with Gasteiger partial charge in [-0.05, 0) is 35.9 Å². The Morgan fingerprint density at radius 1 is 1.10 bits per heavy atom. The van der Waals surface area contributed by atoms with E-state index >= 15 is 0 Å². The number of nitro groups is 1. The molecule has 0 bridgehead atoms. The van der Waals surface area contributed by atoms with Gasteiger partial charge in [-0.25, -0.2) is 0 Å². The maximum absolute atomic E-state index is 13.4. The molecule has 0 saturated heterocycles. The van der Waals surface area contributed by atoms with Crippen LogP contribution < -0.4 is 10.9 Å². The Balaban J connectivity index is 1.84. The number of hydrogen-bond donors (Lipinski definition) is 1. The number of nitrogens with one attached hydrogen (secondary N) is 1. The number of pyridine rings is 1. The van der Waals surface area contributed by atoms with Gasteiger partial charge in [0, 0.05) is 24.0 Å². The van der Waals surface area contributed by atoms with Crippen LogP contribution in [0.1, 0.15) is 21.5 Å². The van der Waals surface area contributed by atoms with E-state index in [9.17, 15) is 37.3 Å². The Kier molecular flexibility index (Phi) is 5.86. The van der Waals surface area contributed by atoms with Crippen LogP contribution in [0.5, 0.6) is 0 Å². The molecule has 0 unspecified atom stereocenters. The largest absolute Gasteiger partial charge is 0.416 e. The van der Waals surface area contributed by atoms with E-state index in [1.165, 1.54) is 18.2 Å². The van der Waals surface area contributed by atoms with Crippen molar-refractivity contribution in [1.82, 2.24) is 4.57 Å². The molecular weight excluding hydrogens is 422 g/mol. The zero-order valence-corrected chi connectivity index (χ0v) is 15.5. The number of hydrogen-bond acceptors (Lipinski definition) is 4. The number of halogens is 4. The van der Waals surface area contributed by atoms with Gasteiger partial charge in [0.25, 0.3) is 11.5 Å². The summed E-state index contributed by atoms with van der Waals surface area (Å²) < 4.78 is 53.1. The molecule has 3 rings (SSSR count). The molecule has 0 spiro atoms. The smallest absolute Gasteiger partial charge is 0.322 e. The van der Waals surface area contributed by atoms with Crippen molar-refractivity contribution in [2.24, 2.45) is 0 Å². The lowest BCUT2D eigenvalue weighted by molar-refractivity contribution is -0.387. The fourth-order valence-corrected chi connectivity index (χ4v) is 2.77. The van der Waals surface area contributed by atoms with Crippen LogP contribution in [0.15, 0.2) is 65.6 Å². The van der Waals surface area contributed by atoms with E-state index in [-0.39, 0.29) is 23.4 Å². The molecular formula is C20H13F4N3O4. The maximum Gasteiger partial charge on any atom is 0.416 e. The van der Waals surface area contributed by atoms with Crippen molar-refractivity contribution in [2.75, 3.05) is 5.32 Å². The number of alkyl halides is 3. The van der Waals surface area contributed by atoms with Crippen LogP contribution in [0, 0.1) is 15.9 Å². The quantitative estimate of drug-likeness (QED) is 0.369. The van der Waals surface area contributed by atoms with Gasteiger partial charge in [0.15, 0.2) is 0 Å². The molecule has 0 aliphatic rings. The Hall–Kier alpha value is -4.02. The van der Waals surface area contributed by atoms with Gasteiger partial charge >= 0.3 is 11.9 Å². The number of rotatable bonds is 5. The van der Waals surface area contributed by atoms with E-state index in [1.807, 2.05) is 0 Å². The first-order valence-electron chi connectivity index (χ1n) is 8.66. The van der Waals surface area contributed by atoms with Crippen LogP contribution in [0.2, 0.25) is 0 Å². The third-order valence-electron chi connectivity index (χ3n) is 4.25. The summed E-state index contributed by atoms with van der Waals surface area (Å²) in [7, 11) is 0. The molecule has 31 heavy (non-hydrogen) atoms. The van der Waals surface area contributed by atoms with Gasteiger partial charge < -0.3 is 9.88 Å². The fourth-order valence-electron chi connectivity index (χ4n) is 2.77. The standard InChI is InChI=1S/C20H13F4N3O4/c21-16-6-5-15(9-17(16)27(30)31)25-19(29)13-4-7-18(28)26(11-13)10-12-2-1-3-14(8-12)20(22,23)24/h1-9,11H,10H2,(H,25,29). The number of nitrogens with zero attached hydrogens (tertiary/aromatic N) is 2. The first-order valence-corrected chi connectivity index (χ1v) is 8.66. The van der Waals surface area contributed by atoms with Gasteiger partial charge in [-0.2, -0.15) is 17.6 Å². The second-order valence-corrected chi connectivity index (χ2v) is 6.46. The highest BCUT2D eigenvalue weighted by atomic mass is 19.4. The van der Waals surface area contributed by atoms with E-state index in [4.69, 9.17) is 0 Å². The lowest BCUT2D eigenvalue weighted by atomic mass is 10.1. The van der Waals surface area contributed by atoms with Crippen LogP contribution in [-0.2, 0) is 12.7 Å². The number of amides is 1. The SMILES string of the molecule is O=C(Nc1ccc(F)c([N+](=O)[O-])c1)c1ccc(=O)n(Cc2cccc(C(F)(F)F)c2)c1. The highest BCUT2D eigenvalue weighted by Crippen LogP contribution is 2.29. The molecule has 0 aliphatic carbocycles. The van der Waals surface area contributed by atoms with E-state index in [0.717, 1.165) is 47.2 Å². The lowest BCUT2D eigenvalue weighted by Crippen LogP contribution is -2.22. The molecule has 1 aromatic heterocycles. The minimum absolute atomic E-state index is 0.0291. The van der Waals surface area contributed by atoms with E-state index in [0.29, 0.717) is 0 Å². The predicted octanol–water partition coefficient (Wildman–Crippen LogP) is 4.22. The lowest BCUT2D eigenvalue weighted by Gasteiger charge is -2.11. The predicted molar refractivity (Wildman–Crippen MR) is 102 cm³/mol. The second kappa shape index (κ2) is 8.38. The van der Waals surface area contributed by atoms with E-state index in [2.05, 4.69) is 5.32 Å². The van der Waals surface area contributed by atoms with Crippen LogP contribution in [0.25, 0.3) is 0 Å². The maximum atomic E-state index is 13.4. The molecule has 1 amide bonds. The van der Waals surface area contributed by atoms with Crippen LogP contribution in [0.4, 0.5) is 28.9 Å². The van der Waals surface area contributed by atoms with Gasteiger partial charge in [0.05, 0.1) is 22.6 Å². The highest BCUT2D eigenvalue weighted by molar-refractivity contribution is 6.04. The normalized spacial score (nSPS) is 11.2. The number of nitro benzene ring substituents is 1. The van der Waals surface area contributed by atoms with Crippen LogP contribution >= 0.6 is 0 Å². The molecule has 7 nitrogen and oxygen atoms in total. The number of benzene rings is 2. The third-order valence-corrected chi connectivity index (χ3v) is 4.25. The Labute approximate surface area is 171 Å². The van der Waals surface area contributed by atoms with Crippen LogP contribution in [-0.4, -0.2) is 15.4 Å². The van der Waals surface area contributed by atoms with Crippen molar-refractivity contribution >= 4 is 17.3 Å². The Morgan fingerprint density at radius 3 is 2.52 bits per heavy atom. The molecule has 0 atom stereocenters. The van der Waals surface area contributed by atoms with Crippen molar-refractivity contribution in [3.8, 4) is 0 Å². The summed E-state index contributed by atoms with van der Waals surface area (Å²) in [4.78, 5) is 34.4. The monoisotopic (exact) mass is 435 g/mol. The third kappa shape index (κ3) is 5.13. The molecule has 0 fully saturated rings. The molecule has 0 aliphatic heterocycles. The molecule has 3 aromatic rings. The highest BCUT2D eigenvalue weighted by Gasteiger charge is 2.30. The van der Waals surface area contributed by atoms with Crippen molar-refractivity contribution in [1.29, 1.82) is 0 Å². The molecule has 2 aromatic carbocycles. The Bertz CT molecular complexity index is 1220. The van der Waals surface area contributed by atoms with Gasteiger partial charge in [-0.1, -0.05) is 12.1 Å². The van der Waals surface area contributed by atoms with Gasteiger partial charge in [-0.15, -0.1) is 0 Å². The van der Waals surface area contributed by atoms with Gasteiger partial charge in [0.2, 0.25) is 5.82 Å². The van der Waals surface area contributed by atoms with E-state index < -0.39 is 39.6 Å². The average molecular weight is 435 g/mol. The van der Waals surface area contributed by atoms with Crippen LogP contribution in [0.3, 0.4) is 0 Å². The Morgan fingerprint density at radius 2 is 1.84 bits per heavy atom. The van der Waals surface area contributed by atoms with Gasteiger partial charge in [-0.3, -0.25) is 19.7 Å². The summed E-state index contributed by atoms with van der Waals surface area (Å²) in [6.45, 7) is -0.216. The van der Waals surface area contributed by atoms with Crippen molar-refractivity contribution < 1.29 is 27.3 Å². The van der Waals surface area contributed by atoms with Crippen molar-refractivity contribution in [3.05, 3.63) is 104 Å². The summed E-state index contributed by atoms with van der Waals surface area (Å²) in [5, 5.41) is 13.2. The molecule has 0 radical (unpaired) electrons. The fraction of sp³-hybridized carbons (Fsp3) is 0.100. The summed E-state index contributed by atoms with van der Waals surface area (Å²) in [5.74, 6) is -1.82. The summed E-state index contributed by atoms with van der Waals surface area (Å²) in [5.41, 5.74) is -2.13. The first-order chi connectivity index (χ1) is 14.5. The average Bonchev–Trinajstić information content (AvgIpc) is 2.70. The van der Waals surface area contributed by atoms with Crippen molar-refractivity contribution in [3.63, 3.8) is 0 Å².